The Bertz CT molecular complexity index is 787. The van der Waals surface area contributed by atoms with Gasteiger partial charge in [-0.3, -0.25) is 0 Å². The highest BCUT2D eigenvalue weighted by molar-refractivity contribution is 7.13. The number of aromatic nitrogens is 3. The molecule has 0 radical (unpaired) electrons. The predicted molar refractivity (Wildman–Crippen MR) is 84.2 cm³/mol. The molecular weight excluding hydrogens is 286 g/mol. The molecule has 0 saturated heterocycles. The number of thiazole rings is 1. The smallest absolute Gasteiger partial charge is 0.148 e. The summed E-state index contributed by atoms with van der Waals surface area (Å²) in [7, 11) is 1.79. The van der Waals surface area contributed by atoms with Crippen molar-refractivity contribution in [3.63, 3.8) is 0 Å². The van der Waals surface area contributed by atoms with Crippen LogP contribution < -0.4 is 11.1 Å². The van der Waals surface area contributed by atoms with Gasteiger partial charge in [-0.2, -0.15) is 0 Å². The van der Waals surface area contributed by atoms with Crippen molar-refractivity contribution in [2.24, 2.45) is 0 Å². The van der Waals surface area contributed by atoms with Gasteiger partial charge in [0.2, 0.25) is 0 Å². The monoisotopic (exact) mass is 299 g/mol. The quantitative estimate of drug-likeness (QED) is 0.688. The van der Waals surface area contributed by atoms with Crippen LogP contribution in [0.4, 0.5) is 11.6 Å². The summed E-state index contributed by atoms with van der Waals surface area (Å²) in [6, 6.07) is 6.90. The van der Waals surface area contributed by atoms with E-state index in [9.17, 15) is 5.11 Å². The molecule has 7 heteroatoms. The number of nitrogens with one attached hydrogen (secondary N) is 1. The number of nitrogens with two attached hydrogens (primary N) is 1. The summed E-state index contributed by atoms with van der Waals surface area (Å²) in [6.45, 7) is 0. The number of nitrogens with zero attached hydrogens (tertiary/aromatic N) is 3. The van der Waals surface area contributed by atoms with Gasteiger partial charge in [0.15, 0.2) is 0 Å². The van der Waals surface area contributed by atoms with Crippen molar-refractivity contribution >= 4 is 23.0 Å². The number of aromatic hydroxyl groups is 1. The van der Waals surface area contributed by atoms with Crippen LogP contribution in [0.15, 0.2) is 35.8 Å². The highest BCUT2D eigenvalue weighted by Gasteiger charge is 2.12. The lowest BCUT2D eigenvalue weighted by Crippen LogP contribution is -1.93. The molecule has 0 amide bonds. The fraction of sp³-hybridized carbons (Fsp3) is 0.0714. The van der Waals surface area contributed by atoms with Gasteiger partial charge in [0, 0.05) is 24.2 Å². The average Bonchev–Trinajstić information content (AvgIpc) is 2.96. The second-order valence-corrected chi connectivity index (χ2v) is 5.18. The molecule has 106 valence electrons. The minimum atomic E-state index is 0.0952. The van der Waals surface area contributed by atoms with Crippen LogP contribution in [-0.4, -0.2) is 27.1 Å². The summed E-state index contributed by atoms with van der Waals surface area (Å²) < 4.78 is 0. The Morgan fingerprint density at radius 1 is 1.24 bits per heavy atom. The first-order chi connectivity index (χ1) is 10.2. The van der Waals surface area contributed by atoms with Crippen LogP contribution in [0.1, 0.15) is 0 Å². The summed E-state index contributed by atoms with van der Waals surface area (Å²) >= 11 is 1.42. The molecule has 0 aliphatic carbocycles. The third-order valence-electron chi connectivity index (χ3n) is 2.91. The van der Waals surface area contributed by atoms with Crippen LogP contribution in [0.2, 0.25) is 0 Å². The molecule has 6 nitrogen and oxygen atoms in total. The number of pyridine rings is 2. The number of hydrogen-bond acceptors (Lipinski definition) is 7. The van der Waals surface area contributed by atoms with Crippen LogP contribution in [0.25, 0.3) is 22.0 Å². The molecule has 3 aromatic heterocycles. The Kier molecular flexibility index (Phi) is 3.41. The molecule has 0 atom stereocenters. The van der Waals surface area contributed by atoms with Crippen LogP contribution >= 0.6 is 11.3 Å². The van der Waals surface area contributed by atoms with Gasteiger partial charge in [-0.1, -0.05) is 0 Å². The fourth-order valence-corrected chi connectivity index (χ4v) is 2.68. The average molecular weight is 299 g/mol. The summed E-state index contributed by atoms with van der Waals surface area (Å²) in [5, 5.41) is 15.5. The van der Waals surface area contributed by atoms with Crippen molar-refractivity contribution in [2.45, 2.75) is 0 Å². The van der Waals surface area contributed by atoms with E-state index in [1.165, 1.54) is 11.3 Å². The van der Waals surface area contributed by atoms with Gasteiger partial charge in [-0.25, -0.2) is 15.0 Å². The molecule has 4 N–H and O–H groups in total. The third kappa shape index (κ3) is 2.63. The summed E-state index contributed by atoms with van der Waals surface area (Å²) in [6.07, 6.45) is 1.63. The first kappa shape index (κ1) is 13.3. The molecule has 3 rings (SSSR count). The Balaban J connectivity index is 2.08. The van der Waals surface area contributed by atoms with E-state index < -0.39 is 0 Å². The molecule has 0 spiro atoms. The van der Waals surface area contributed by atoms with Gasteiger partial charge in [-0.15, -0.1) is 11.3 Å². The normalized spacial score (nSPS) is 10.5. The molecule has 0 fully saturated rings. The lowest BCUT2D eigenvalue weighted by molar-refractivity contribution is 0.475. The second kappa shape index (κ2) is 5.37. The van der Waals surface area contributed by atoms with E-state index in [-0.39, 0.29) is 5.75 Å². The van der Waals surface area contributed by atoms with Crippen LogP contribution in [0.3, 0.4) is 0 Å². The Hall–Kier alpha value is -2.67. The van der Waals surface area contributed by atoms with E-state index in [0.717, 1.165) is 11.4 Å². The fourth-order valence-electron chi connectivity index (χ4n) is 1.87. The first-order valence-corrected chi connectivity index (χ1v) is 7.11. The zero-order valence-corrected chi connectivity index (χ0v) is 12.1. The molecule has 21 heavy (non-hydrogen) atoms. The molecule has 0 aromatic carbocycles. The first-order valence-electron chi connectivity index (χ1n) is 6.23. The molecule has 3 aromatic rings. The summed E-state index contributed by atoms with van der Waals surface area (Å²) in [5.41, 5.74) is 7.69. The van der Waals surface area contributed by atoms with Gasteiger partial charge in [-0.05, 0) is 24.3 Å². The number of hydrogen-bond donors (Lipinski definition) is 3. The van der Waals surface area contributed by atoms with Crippen LogP contribution in [0, 0.1) is 0 Å². The zero-order chi connectivity index (χ0) is 14.8. The second-order valence-electron chi connectivity index (χ2n) is 4.32. The molecule has 0 aliphatic rings. The van der Waals surface area contributed by atoms with Crippen molar-refractivity contribution in [3.05, 3.63) is 35.8 Å². The maximum Gasteiger partial charge on any atom is 0.148 e. The highest BCUT2D eigenvalue weighted by Crippen LogP contribution is 2.33. The molecule has 0 saturated carbocycles. The minimum Gasteiger partial charge on any atom is -0.506 e. The zero-order valence-electron chi connectivity index (χ0n) is 11.2. The molecule has 0 aliphatic heterocycles. The van der Waals surface area contributed by atoms with Crippen molar-refractivity contribution in [3.8, 4) is 27.7 Å². The Morgan fingerprint density at radius 2 is 2.10 bits per heavy atom. The maximum absolute atomic E-state index is 10.0. The highest BCUT2D eigenvalue weighted by atomic mass is 32.1. The number of anilines is 2. The van der Waals surface area contributed by atoms with E-state index in [2.05, 4.69) is 20.3 Å². The molecule has 0 unspecified atom stereocenters. The lowest BCUT2D eigenvalue weighted by atomic mass is 10.1. The topological polar surface area (TPSA) is 97.0 Å². The van der Waals surface area contributed by atoms with Crippen LogP contribution in [-0.2, 0) is 0 Å². The van der Waals surface area contributed by atoms with E-state index in [4.69, 9.17) is 5.73 Å². The van der Waals surface area contributed by atoms with E-state index in [1.807, 2.05) is 11.4 Å². The van der Waals surface area contributed by atoms with Crippen molar-refractivity contribution < 1.29 is 5.11 Å². The maximum atomic E-state index is 10.0. The van der Waals surface area contributed by atoms with Crippen molar-refractivity contribution in [1.82, 2.24) is 15.0 Å². The standard InChI is InChI=1S/C14H13N5OS/c1-16-12-7-21-14(19-12)13-10(20)3-2-9(18-13)8-4-5-17-11(15)6-8/h2-7,16,20H,1H3,(H2,15,17). The Labute approximate surface area is 125 Å². The van der Waals surface area contributed by atoms with Gasteiger partial charge in [0.05, 0.1) is 5.69 Å². The van der Waals surface area contributed by atoms with Crippen LogP contribution in [0.5, 0.6) is 5.75 Å². The van der Waals surface area contributed by atoms with Gasteiger partial charge in [0.25, 0.3) is 0 Å². The minimum absolute atomic E-state index is 0.0952. The van der Waals surface area contributed by atoms with E-state index in [0.29, 0.717) is 22.2 Å². The predicted octanol–water partition coefficient (Wildman–Crippen LogP) is 2.60. The van der Waals surface area contributed by atoms with E-state index >= 15 is 0 Å². The number of rotatable bonds is 3. The lowest BCUT2D eigenvalue weighted by Gasteiger charge is -2.05. The Morgan fingerprint density at radius 3 is 2.81 bits per heavy atom. The van der Waals surface area contributed by atoms with Crippen molar-refractivity contribution in [1.29, 1.82) is 0 Å². The largest absolute Gasteiger partial charge is 0.506 e. The van der Waals surface area contributed by atoms with Gasteiger partial charge in [0.1, 0.15) is 28.1 Å². The molecule has 0 bridgehead atoms. The summed E-state index contributed by atoms with van der Waals surface area (Å²) in [4.78, 5) is 12.8. The molecule has 3 heterocycles. The van der Waals surface area contributed by atoms with E-state index in [1.54, 1.807) is 31.4 Å². The SMILES string of the molecule is CNc1csc(-c2nc(-c3ccnc(N)c3)ccc2O)n1. The molecular formula is C14H13N5OS. The van der Waals surface area contributed by atoms with Gasteiger partial charge >= 0.3 is 0 Å². The number of nitrogen functional groups attached to an aromatic ring is 1. The summed E-state index contributed by atoms with van der Waals surface area (Å²) in [5.74, 6) is 1.27. The third-order valence-corrected chi connectivity index (χ3v) is 3.76. The van der Waals surface area contributed by atoms with Crippen molar-refractivity contribution in [2.75, 3.05) is 18.1 Å². The van der Waals surface area contributed by atoms with Gasteiger partial charge < -0.3 is 16.2 Å².